The number of ether oxygens (including phenoxy) is 2. The number of benzene rings is 2. The van der Waals surface area contributed by atoms with Crippen LogP contribution >= 0.6 is 0 Å². The van der Waals surface area contributed by atoms with E-state index < -0.39 is 12.1 Å². The third kappa shape index (κ3) is 3.99. The summed E-state index contributed by atoms with van der Waals surface area (Å²) in [6.45, 7) is 0. The summed E-state index contributed by atoms with van der Waals surface area (Å²) in [6.07, 6.45) is 2.77. The van der Waals surface area contributed by atoms with Crippen LogP contribution in [0.3, 0.4) is 0 Å². The zero-order valence-corrected chi connectivity index (χ0v) is 11.2. The number of carbonyl (C=O) groups is 1. The molecule has 0 heterocycles. The van der Waals surface area contributed by atoms with E-state index in [-0.39, 0.29) is 0 Å². The molecule has 3 nitrogen and oxygen atoms in total. The highest BCUT2D eigenvalue weighted by Gasteiger charge is 2.17. The van der Waals surface area contributed by atoms with E-state index in [0.717, 1.165) is 5.56 Å². The molecule has 1 atom stereocenters. The van der Waals surface area contributed by atoms with E-state index in [0.29, 0.717) is 5.75 Å². The number of carbonyl (C=O) groups excluding carboxylic acids is 1. The molecular formula is C17H16O3. The minimum absolute atomic E-state index is 0.430. The van der Waals surface area contributed by atoms with Gasteiger partial charge in [-0.1, -0.05) is 54.6 Å². The van der Waals surface area contributed by atoms with Crippen molar-refractivity contribution in [3.63, 3.8) is 0 Å². The van der Waals surface area contributed by atoms with Crippen molar-refractivity contribution >= 4 is 12.0 Å². The van der Waals surface area contributed by atoms with E-state index in [1.54, 1.807) is 18.2 Å². The Morgan fingerprint density at radius 2 is 1.60 bits per heavy atom. The molecule has 3 heteroatoms. The molecule has 0 aliphatic carbocycles. The highest BCUT2D eigenvalue weighted by Crippen LogP contribution is 2.13. The lowest BCUT2D eigenvalue weighted by molar-refractivity contribution is -0.146. The zero-order valence-electron chi connectivity index (χ0n) is 11.2. The first kappa shape index (κ1) is 13.9. The molecule has 0 fully saturated rings. The first-order chi connectivity index (χ1) is 9.79. The smallest absolute Gasteiger partial charge is 0.351 e. The van der Waals surface area contributed by atoms with Gasteiger partial charge in [-0.25, -0.2) is 4.79 Å². The summed E-state index contributed by atoms with van der Waals surface area (Å²) in [5.74, 6) is 0.196. The maximum atomic E-state index is 11.7. The topological polar surface area (TPSA) is 35.5 Å². The predicted molar refractivity (Wildman–Crippen MR) is 78.4 cm³/mol. The second kappa shape index (κ2) is 7.14. The molecule has 0 N–H and O–H groups in total. The van der Waals surface area contributed by atoms with Crippen LogP contribution < -0.4 is 4.74 Å². The number of hydrogen-bond acceptors (Lipinski definition) is 3. The minimum atomic E-state index is -0.761. The summed E-state index contributed by atoms with van der Waals surface area (Å²) < 4.78 is 10.4. The summed E-state index contributed by atoms with van der Waals surface area (Å²) in [6, 6.07) is 18.9. The zero-order chi connectivity index (χ0) is 14.2. The molecule has 0 unspecified atom stereocenters. The summed E-state index contributed by atoms with van der Waals surface area (Å²) in [7, 11) is 1.35. The van der Waals surface area contributed by atoms with Crippen LogP contribution in [0.4, 0.5) is 0 Å². The van der Waals surface area contributed by atoms with E-state index in [9.17, 15) is 4.79 Å². The fraction of sp³-hybridized carbons (Fsp3) is 0.118. The fourth-order valence-electron chi connectivity index (χ4n) is 1.69. The van der Waals surface area contributed by atoms with Crippen molar-refractivity contribution in [3.05, 3.63) is 72.3 Å². The molecule has 0 radical (unpaired) electrons. The van der Waals surface area contributed by atoms with Gasteiger partial charge >= 0.3 is 5.97 Å². The van der Waals surface area contributed by atoms with Crippen molar-refractivity contribution in [1.82, 2.24) is 0 Å². The van der Waals surface area contributed by atoms with Crippen molar-refractivity contribution < 1.29 is 14.3 Å². The van der Waals surface area contributed by atoms with Crippen molar-refractivity contribution in [3.8, 4) is 5.75 Å². The Labute approximate surface area is 118 Å². The van der Waals surface area contributed by atoms with Gasteiger partial charge in [-0.2, -0.15) is 0 Å². The molecular weight excluding hydrogens is 252 g/mol. The van der Waals surface area contributed by atoms with Crippen molar-refractivity contribution in [2.24, 2.45) is 0 Å². The van der Waals surface area contributed by atoms with Crippen LogP contribution in [0.15, 0.2) is 66.7 Å². The average molecular weight is 268 g/mol. The molecule has 2 rings (SSSR count). The summed E-state index contributed by atoms with van der Waals surface area (Å²) in [5.41, 5.74) is 0.998. The first-order valence-electron chi connectivity index (χ1n) is 6.32. The summed E-state index contributed by atoms with van der Waals surface area (Å²) >= 11 is 0. The molecule has 2 aromatic rings. The Balaban J connectivity index is 2.12. The van der Waals surface area contributed by atoms with E-state index in [1.165, 1.54) is 7.11 Å². The van der Waals surface area contributed by atoms with Gasteiger partial charge in [0.1, 0.15) is 5.75 Å². The SMILES string of the molecule is COC(=O)[C@H](C=Cc1ccccc1)Oc1ccccc1. The second-order valence-electron chi connectivity index (χ2n) is 4.14. The van der Waals surface area contributed by atoms with E-state index in [2.05, 4.69) is 0 Å². The van der Waals surface area contributed by atoms with Crippen molar-refractivity contribution in [2.75, 3.05) is 7.11 Å². The number of esters is 1. The molecule has 0 aliphatic heterocycles. The van der Waals surface area contributed by atoms with Crippen LogP contribution in [-0.4, -0.2) is 19.2 Å². The Morgan fingerprint density at radius 3 is 2.20 bits per heavy atom. The molecule has 102 valence electrons. The van der Waals surface area contributed by atoms with Crippen molar-refractivity contribution in [1.29, 1.82) is 0 Å². The maximum absolute atomic E-state index is 11.7. The lowest BCUT2D eigenvalue weighted by atomic mass is 10.2. The van der Waals surface area contributed by atoms with E-state index in [1.807, 2.05) is 54.6 Å². The Hall–Kier alpha value is -2.55. The molecule has 0 saturated carbocycles. The normalized spacial score (nSPS) is 12.1. The van der Waals surface area contributed by atoms with Crippen LogP contribution in [0, 0.1) is 0 Å². The van der Waals surface area contributed by atoms with E-state index >= 15 is 0 Å². The third-order valence-electron chi connectivity index (χ3n) is 2.70. The Bertz CT molecular complexity index is 561. The first-order valence-corrected chi connectivity index (χ1v) is 6.32. The quantitative estimate of drug-likeness (QED) is 0.780. The lowest BCUT2D eigenvalue weighted by Gasteiger charge is -2.13. The van der Waals surface area contributed by atoms with Crippen LogP contribution in [-0.2, 0) is 9.53 Å². The molecule has 0 spiro atoms. The predicted octanol–water partition coefficient (Wildman–Crippen LogP) is 3.32. The van der Waals surface area contributed by atoms with Crippen LogP contribution in [0.25, 0.3) is 6.08 Å². The minimum Gasteiger partial charge on any atom is -0.475 e. The Kier molecular flexibility index (Phi) is 4.95. The number of rotatable bonds is 5. The molecule has 20 heavy (non-hydrogen) atoms. The van der Waals surface area contributed by atoms with Gasteiger partial charge in [-0.3, -0.25) is 0 Å². The van der Waals surface area contributed by atoms with Gasteiger partial charge in [-0.05, 0) is 23.8 Å². The number of para-hydroxylation sites is 1. The molecule has 0 bridgehead atoms. The molecule has 0 saturated heterocycles. The van der Waals surface area contributed by atoms with Crippen molar-refractivity contribution in [2.45, 2.75) is 6.10 Å². The molecule has 0 amide bonds. The van der Waals surface area contributed by atoms with Crippen LogP contribution in [0.1, 0.15) is 5.56 Å². The number of hydrogen-bond donors (Lipinski definition) is 0. The Morgan fingerprint density at radius 1 is 1.00 bits per heavy atom. The summed E-state index contributed by atoms with van der Waals surface area (Å²) in [4.78, 5) is 11.7. The van der Waals surface area contributed by atoms with Gasteiger partial charge in [0.25, 0.3) is 0 Å². The average Bonchev–Trinajstić information content (AvgIpc) is 2.52. The van der Waals surface area contributed by atoms with Gasteiger partial charge in [-0.15, -0.1) is 0 Å². The number of methoxy groups -OCH3 is 1. The van der Waals surface area contributed by atoms with E-state index in [4.69, 9.17) is 9.47 Å². The largest absolute Gasteiger partial charge is 0.475 e. The maximum Gasteiger partial charge on any atom is 0.351 e. The van der Waals surface area contributed by atoms with Crippen LogP contribution in [0.5, 0.6) is 5.75 Å². The van der Waals surface area contributed by atoms with Gasteiger partial charge < -0.3 is 9.47 Å². The lowest BCUT2D eigenvalue weighted by Crippen LogP contribution is -2.26. The van der Waals surface area contributed by atoms with Gasteiger partial charge in [0, 0.05) is 0 Å². The monoisotopic (exact) mass is 268 g/mol. The highest BCUT2D eigenvalue weighted by atomic mass is 16.6. The second-order valence-corrected chi connectivity index (χ2v) is 4.14. The molecule has 0 aliphatic rings. The van der Waals surface area contributed by atoms with Gasteiger partial charge in [0.15, 0.2) is 0 Å². The molecule has 2 aromatic carbocycles. The molecule has 0 aromatic heterocycles. The van der Waals surface area contributed by atoms with Gasteiger partial charge in [0.2, 0.25) is 6.10 Å². The van der Waals surface area contributed by atoms with Crippen LogP contribution in [0.2, 0.25) is 0 Å². The fourth-order valence-corrected chi connectivity index (χ4v) is 1.69. The standard InChI is InChI=1S/C17H16O3/c1-19-17(18)16(20-15-10-6-3-7-11-15)13-12-14-8-4-2-5-9-14/h2-13,16H,1H3/t16-/m0/s1. The van der Waals surface area contributed by atoms with Gasteiger partial charge in [0.05, 0.1) is 7.11 Å². The summed E-state index contributed by atoms with van der Waals surface area (Å²) in [5, 5.41) is 0. The third-order valence-corrected chi connectivity index (χ3v) is 2.70. The highest BCUT2D eigenvalue weighted by molar-refractivity contribution is 5.78.